The third-order valence-corrected chi connectivity index (χ3v) is 15.6. The Balaban J connectivity index is 0.000000116. The van der Waals surface area contributed by atoms with Crippen LogP contribution in [-0.2, 0) is 0 Å². The number of fused-ring (bicyclic) bond motifs is 16. The number of hydrogen-bond acceptors (Lipinski definition) is 0. The lowest BCUT2D eigenvalue weighted by Crippen LogP contribution is -2.11. The first kappa shape index (κ1) is 33.6. The summed E-state index contributed by atoms with van der Waals surface area (Å²) in [6.07, 6.45) is 13.8. The van der Waals surface area contributed by atoms with E-state index in [4.69, 9.17) is 0 Å². The van der Waals surface area contributed by atoms with Crippen LogP contribution < -0.4 is 0 Å². The normalized spacial score (nSPS) is 16.8. The van der Waals surface area contributed by atoms with Crippen molar-refractivity contribution < 1.29 is 0 Å². The lowest BCUT2D eigenvalue weighted by atomic mass is 9.79. The van der Waals surface area contributed by atoms with Gasteiger partial charge in [0.25, 0.3) is 0 Å². The molecule has 0 radical (unpaired) electrons. The van der Waals surface area contributed by atoms with Gasteiger partial charge >= 0.3 is 0 Å². The quantitative estimate of drug-likeness (QED) is 0.134. The zero-order chi connectivity index (χ0) is 41.4. The van der Waals surface area contributed by atoms with E-state index >= 15 is 0 Å². The lowest BCUT2D eigenvalue weighted by Gasteiger charge is -2.24. The van der Waals surface area contributed by atoms with Crippen molar-refractivity contribution in [1.82, 2.24) is 0 Å². The molecule has 0 aliphatic heterocycles. The van der Waals surface area contributed by atoms with Crippen molar-refractivity contribution in [3.63, 3.8) is 0 Å². The van der Waals surface area contributed by atoms with Gasteiger partial charge in [0.2, 0.25) is 0 Å². The minimum atomic E-state index is 0.454. The van der Waals surface area contributed by atoms with Gasteiger partial charge < -0.3 is 0 Å². The maximum Gasteiger partial charge on any atom is 0.0199 e. The van der Waals surface area contributed by atoms with Gasteiger partial charge in [0.05, 0.1) is 0 Å². The SMILES string of the molecule is C1=CC2=CC=CC3c4cc5cc6c(cc5cc4C(=C1)C23)-c1cc2ccccc2c2cccc-6c12.c1cc2cccc3c4cc5cc6c(cc5cc4c(c1)c23)c1cccc2cccc6c21. The molecule has 13 aromatic rings. The maximum atomic E-state index is 2.47. The van der Waals surface area contributed by atoms with Crippen LogP contribution in [0.25, 0.3) is 136 Å². The van der Waals surface area contributed by atoms with Gasteiger partial charge in [-0.2, -0.15) is 0 Å². The molecule has 292 valence electrons. The summed E-state index contributed by atoms with van der Waals surface area (Å²) in [7, 11) is 0. The van der Waals surface area contributed by atoms with Crippen LogP contribution in [0.4, 0.5) is 0 Å². The molecule has 0 saturated carbocycles. The van der Waals surface area contributed by atoms with Crippen LogP contribution in [0.3, 0.4) is 0 Å². The number of allylic oxidation sites excluding steroid dienone is 8. The van der Waals surface area contributed by atoms with Gasteiger partial charge in [-0.15, -0.1) is 0 Å². The highest BCUT2D eigenvalue weighted by Crippen LogP contribution is 2.56. The summed E-state index contributed by atoms with van der Waals surface area (Å²) in [5.41, 5.74) is 11.3. The van der Waals surface area contributed by atoms with Gasteiger partial charge in [-0.05, 0) is 207 Å². The molecule has 17 rings (SSSR count). The minimum absolute atomic E-state index is 0.454. The predicted molar refractivity (Wildman–Crippen MR) is 275 cm³/mol. The molecule has 13 aromatic carbocycles. The molecule has 0 bridgehead atoms. The predicted octanol–water partition coefficient (Wildman–Crippen LogP) is 17.6. The summed E-state index contributed by atoms with van der Waals surface area (Å²) >= 11 is 0. The highest BCUT2D eigenvalue weighted by atomic mass is 14.4. The standard InChI is InChI=1S/C34H20.C30H16/c1-2-9-23-20(6-1)14-32-31-18-22-16-29-26-11-4-8-19-7-3-10-25(33(19)26)28(29)15-21(22)17-30(31)27-13-5-12-24(23)34(27)32;1-5-17-6-2-10-22-26-14-20-16-28-24-12-4-8-18-7-3-11-23(30(18)24)27(28)15-19(20)13-25(26)21(9-1)29(17)22/h1-18,25,33H;1-16H. The average molecular weight is 805 g/mol. The second kappa shape index (κ2) is 11.9. The van der Waals surface area contributed by atoms with Crippen molar-refractivity contribution in [2.75, 3.05) is 0 Å². The van der Waals surface area contributed by atoms with Crippen molar-refractivity contribution in [2.45, 2.75) is 5.92 Å². The summed E-state index contributed by atoms with van der Waals surface area (Å²) in [6, 6.07) is 64.2. The van der Waals surface area contributed by atoms with Gasteiger partial charge in [0.15, 0.2) is 0 Å². The largest absolute Gasteiger partial charge is 0.0760 e. The minimum Gasteiger partial charge on any atom is -0.0760 e. The molecule has 0 fully saturated rings. The van der Waals surface area contributed by atoms with E-state index in [-0.39, 0.29) is 0 Å². The van der Waals surface area contributed by atoms with Crippen LogP contribution in [0.15, 0.2) is 212 Å². The molecule has 64 heavy (non-hydrogen) atoms. The fraction of sp³-hybridized carbons (Fsp3) is 0.0312. The van der Waals surface area contributed by atoms with E-state index in [0.29, 0.717) is 11.8 Å². The fourth-order valence-corrected chi connectivity index (χ4v) is 12.9. The smallest absolute Gasteiger partial charge is 0.0199 e. The highest BCUT2D eigenvalue weighted by molar-refractivity contribution is 6.35. The summed E-state index contributed by atoms with van der Waals surface area (Å²) in [5.74, 6) is 0.935. The Morgan fingerprint density at radius 1 is 0.297 bits per heavy atom. The molecule has 2 atom stereocenters. The summed E-state index contributed by atoms with van der Waals surface area (Å²) < 4.78 is 0. The van der Waals surface area contributed by atoms with Crippen LogP contribution in [0.5, 0.6) is 0 Å². The molecule has 0 aromatic heterocycles. The first-order chi connectivity index (χ1) is 31.7. The van der Waals surface area contributed by atoms with Crippen LogP contribution in [-0.4, -0.2) is 0 Å². The van der Waals surface area contributed by atoms with Crippen LogP contribution in [0.1, 0.15) is 17.0 Å². The molecule has 4 aliphatic carbocycles. The Kier molecular flexibility index (Phi) is 6.23. The summed E-state index contributed by atoms with van der Waals surface area (Å²) in [5, 5.41) is 27.1. The molecular weight excluding hydrogens is 769 g/mol. The molecule has 0 heterocycles. The van der Waals surface area contributed by atoms with Crippen molar-refractivity contribution in [1.29, 1.82) is 0 Å². The molecule has 0 saturated heterocycles. The van der Waals surface area contributed by atoms with Crippen LogP contribution >= 0.6 is 0 Å². The maximum absolute atomic E-state index is 2.47. The van der Waals surface area contributed by atoms with Crippen molar-refractivity contribution in [2.24, 2.45) is 5.92 Å². The van der Waals surface area contributed by atoms with Gasteiger partial charge in [0.1, 0.15) is 0 Å². The Bertz CT molecular complexity index is 4140. The van der Waals surface area contributed by atoms with Crippen molar-refractivity contribution in [3.05, 3.63) is 223 Å². The second-order valence-corrected chi connectivity index (χ2v) is 18.7. The summed E-state index contributed by atoms with van der Waals surface area (Å²) in [6.45, 7) is 0. The Labute approximate surface area is 368 Å². The number of benzene rings is 11. The van der Waals surface area contributed by atoms with Gasteiger partial charge in [-0.1, -0.05) is 152 Å². The van der Waals surface area contributed by atoms with Crippen LogP contribution in [0.2, 0.25) is 0 Å². The molecule has 0 N–H and O–H groups in total. The monoisotopic (exact) mass is 804 g/mol. The van der Waals surface area contributed by atoms with Crippen LogP contribution in [0, 0.1) is 5.92 Å². The molecule has 2 unspecified atom stereocenters. The first-order valence-corrected chi connectivity index (χ1v) is 22.7. The average Bonchev–Trinajstić information content (AvgIpc) is 4.04. The fourth-order valence-electron chi connectivity index (χ4n) is 12.9. The number of hydrogen-bond donors (Lipinski definition) is 0. The lowest BCUT2D eigenvalue weighted by molar-refractivity contribution is 0.722. The third kappa shape index (κ3) is 4.23. The molecule has 0 spiro atoms. The molecule has 4 aliphatic rings. The molecule has 0 amide bonds. The topological polar surface area (TPSA) is 0 Å². The van der Waals surface area contributed by atoms with Gasteiger partial charge in [-0.25, -0.2) is 0 Å². The summed E-state index contributed by atoms with van der Waals surface area (Å²) in [4.78, 5) is 0. The first-order valence-electron chi connectivity index (χ1n) is 22.7. The number of rotatable bonds is 0. The Hall–Kier alpha value is -8.06. The van der Waals surface area contributed by atoms with Crippen molar-refractivity contribution in [3.8, 4) is 22.3 Å². The molecule has 0 nitrogen and oxygen atoms in total. The van der Waals surface area contributed by atoms with Gasteiger partial charge in [-0.3, -0.25) is 0 Å². The molecule has 0 heteroatoms. The van der Waals surface area contributed by atoms with E-state index < -0.39 is 0 Å². The zero-order valence-corrected chi connectivity index (χ0v) is 34.8. The zero-order valence-electron chi connectivity index (χ0n) is 34.8. The highest BCUT2D eigenvalue weighted by Gasteiger charge is 2.39. The molecular formula is C64H36. The van der Waals surface area contributed by atoms with Crippen molar-refractivity contribution >= 4 is 113 Å². The van der Waals surface area contributed by atoms with E-state index in [1.54, 1.807) is 0 Å². The van der Waals surface area contributed by atoms with E-state index in [2.05, 4.69) is 206 Å². The Morgan fingerprint density at radius 2 is 0.781 bits per heavy atom. The van der Waals surface area contributed by atoms with Gasteiger partial charge in [0, 0.05) is 11.8 Å². The Morgan fingerprint density at radius 3 is 1.42 bits per heavy atom. The van der Waals surface area contributed by atoms with E-state index in [0.717, 1.165) is 0 Å². The van der Waals surface area contributed by atoms with E-state index in [1.807, 2.05) is 0 Å². The van der Waals surface area contributed by atoms with E-state index in [1.165, 1.54) is 152 Å². The second-order valence-electron chi connectivity index (χ2n) is 18.7. The van der Waals surface area contributed by atoms with E-state index in [9.17, 15) is 0 Å². The third-order valence-electron chi connectivity index (χ3n) is 15.6.